The molecule has 0 unspecified atom stereocenters. The van der Waals surface area contributed by atoms with Crippen LogP contribution < -0.4 is 5.56 Å². The van der Waals surface area contributed by atoms with Crippen molar-refractivity contribution in [3.8, 4) is 11.1 Å². The Morgan fingerprint density at radius 3 is 2.43 bits per heavy atom. The Balaban J connectivity index is 1.73. The number of aromatic amines is 1. The Hall–Kier alpha value is -2.82. The normalized spacial score (nSPS) is 15.3. The molecule has 0 saturated carbocycles. The quantitative estimate of drug-likeness (QED) is 0.689. The number of aryl methyl sites for hydroxylation is 1. The third-order valence-corrected chi connectivity index (χ3v) is 6.94. The van der Waals surface area contributed by atoms with Crippen molar-refractivity contribution in [2.45, 2.75) is 40.5 Å². The molecule has 0 spiro atoms. The number of benzene rings is 1. The van der Waals surface area contributed by atoms with Crippen LogP contribution in [0, 0.1) is 25.7 Å². The van der Waals surface area contributed by atoms with Crippen LogP contribution >= 0.6 is 0 Å². The summed E-state index contributed by atoms with van der Waals surface area (Å²) < 4.78 is 1.63. The highest BCUT2D eigenvalue weighted by Crippen LogP contribution is 2.33. The largest absolute Gasteiger partial charge is 0.361 e. The fourth-order valence-electron chi connectivity index (χ4n) is 4.76. The van der Waals surface area contributed by atoms with Crippen molar-refractivity contribution in [3.63, 3.8) is 0 Å². The molecule has 1 aliphatic heterocycles. The fourth-order valence-corrected chi connectivity index (χ4v) is 4.76. The van der Waals surface area contributed by atoms with Gasteiger partial charge in [-0.2, -0.15) is 0 Å². The fraction of sp³-hybridized carbons (Fsp3) is 0.440. The zero-order valence-corrected chi connectivity index (χ0v) is 18.6. The number of H-pyrrole nitrogens is 1. The van der Waals surface area contributed by atoms with E-state index in [-0.39, 0.29) is 11.5 Å². The van der Waals surface area contributed by atoms with Crippen molar-refractivity contribution >= 4 is 16.8 Å². The third kappa shape index (κ3) is 3.36. The molecule has 5 heteroatoms. The molecule has 2 aromatic heterocycles. The minimum absolute atomic E-state index is 0.0261. The number of piperidine rings is 1. The molecule has 0 radical (unpaired) electrons. The number of hydrogen-bond donors (Lipinski definition) is 1. The van der Waals surface area contributed by atoms with Crippen LogP contribution in [0.5, 0.6) is 0 Å². The van der Waals surface area contributed by atoms with Crippen LogP contribution in [0.1, 0.15) is 48.2 Å². The van der Waals surface area contributed by atoms with Crippen LogP contribution in [0.25, 0.3) is 22.0 Å². The number of likely N-dealkylation sites (tertiary alicyclic amines) is 1. The van der Waals surface area contributed by atoms with E-state index >= 15 is 0 Å². The van der Waals surface area contributed by atoms with Gasteiger partial charge in [-0.1, -0.05) is 19.9 Å². The van der Waals surface area contributed by atoms with Crippen molar-refractivity contribution in [1.29, 1.82) is 0 Å². The van der Waals surface area contributed by atoms with Crippen molar-refractivity contribution in [1.82, 2.24) is 14.5 Å². The predicted molar refractivity (Wildman–Crippen MR) is 122 cm³/mol. The van der Waals surface area contributed by atoms with E-state index in [1.54, 1.807) is 11.6 Å². The smallest absolute Gasteiger partial charge is 0.255 e. The number of hydrogen-bond acceptors (Lipinski definition) is 2. The molecule has 0 aliphatic carbocycles. The molecular weight excluding hydrogens is 374 g/mol. The molecule has 1 aliphatic rings. The molecule has 1 aromatic carbocycles. The van der Waals surface area contributed by atoms with Gasteiger partial charge in [-0.05, 0) is 61.8 Å². The van der Waals surface area contributed by atoms with Crippen LogP contribution in [0.15, 0.2) is 35.4 Å². The van der Waals surface area contributed by atoms with Gasteiger partial charge < -0.3 is 14.5 Å². The Kier molecular flexibility index (Phi) is 5.31. The highest BCUT2D eigenvalue weighted by Gasteiger charge is 2.27. The lowest BCUT2D eigenvalue weighted by Crippen LogP contribution is -2.39. The molecular formula is C25H31N3O2. The zero-order chi connectivity index (χ0) is 21.6. The molecule has 5 nitrogen and oxygen atoms in total. The van der Waals surface area contributed by atoms with Crippen molar-refractivity contribution in [2.24, 2.45) is 18.9 Å². The van der Waals surface area contributed by atoms with Gasteiger partial charge in [0.15, 0.2) is 0 Å². The van der Waals surface area contributed by atoms with E-state index in [1.807, 2.05) is 49.3 Å². The van der Waals surface area contributed by atoms with E-state index < -0.39 is 0 Å². The van der Waals surface area contributed by atoms with E-state index in [2.05, 4.69) is 18.8 Å². The van der Waals surface area contributed by atoms with Crippen molar-refractivity contribution in [3.05, 3.63) is 57.6 Å². The maximum Gasteiger partial charge on any atom is 0.255 e. The first-order chi connectivity index (χ1) is 14.3. The summed E-state index contributed by atoms with van der Waals surface area (Å²) in [5.41, 5.74) is 5.42. The topological polar surface area (TPSA) is 58.1 Å². The maximum absolute atomic E-state index is 13.3. The monoisotopic (exact) mass is 405 g/mol. The standard InChI is InChI=1S/C25H31N3O2/c1-15(2)18-9-12-28(13-10-18)25(30)21-7-6-19(20-8-11-26-23(20)21)22-14-27(5)24(29)17(4)16(22)3/h6-8,11,14-15,18,26H,9-10,12-13H2,1-5H3. The minimum Gasteiger partial charge on any atom is -0.361 e. The number of pyridine rings is 1. The Morgan fingerprint density at radius 2 is 1.77 bits per heavy atom. The maximum atomic E-state index is 13.3. The summed E-state index contributed by atoms with van der Waals surface area (Å²) >= 11 is 0. The molecule has 30 heavy (non-hydrogen) atoms. The van der Waals surface area contributed by atoms with E-state index in [9.17, 15) is 9.59 Å². The molecule has 1 N–H and O–H groups in total. The van der Waals surface area contributed by atoms with E-state index in [4.69, 9.17) is 0 Å². The molecule has 0 atom stereocenters. The lowest BCUT2D eigenvalue weighted by molar-refractivity contribution is 0.0669. The lowest BCUT2D eigenvalue weighted by Gasteiger charge is -2.34. The Bertz CT molecular complexity index is 1160. The van der Waals surface area contributed by atoms with Crippen LogP contribution in [-0.4, -0.2) is 33.4 Å². The van der Waals surface area contributed by atoms with E-state index in [0.717, 1.165) is 64.7 Å². The van der Waals surface area contributed by atoms with Gasteiger partial charge in [0.2, 0.25) is 0 Å². The number of carbonyl (C=O) groups is 1. The van der Waals surface area contributed by atoms with Gasteiger partial charge in [0.1, 0.15) is 0 Å². The second-order valence-electron chi connectivity index (χ2n) is 9.01. The first-order valence-corrected chi connectivity index (χ1v) is 10.9. The van der Waals surface area contributed by atoms with Gasteiger partial charge in [-0.15, -0.1) is 0 Å². The van der Waals surface area contributed by atoms with Crippen molar-refractivity contribution in [2.75, 3.05) is 13.1 Å². The summed E-state index contributed by atoms with van der Waals surface area (Å²) in [5.74, 6) is 1.48. The highest BCUT2D eigenvalue weighted by atomic mass is 16.2. The molecule has 1 amide bonds. The van der Waals surface area contributed by atoms with Crippen LogP contribution in [0.4, 0.5) is 0 Å². The number of fused-ring (bicyclic) bond motifs is 1. The summed E-state index contributed by atoms with van der Waals surface area (Å²) in [6.45, 7) is 10.0. The number of rotatable bonds is 3. The molecule has 3 heterocycles. The van der Waals surface area contributed by atoms with Gasteiger partial charge in [-0.25, -0.2) is 0 Å². The number of aromatic nitrogens is 2. The average Bonchev–Trinajstić information content (AvgIpc) is 3.24. The average molecular weight is 406 g/mol. The Morgan fingerprint density at radius 1 is 1.07 bits per heavy atom. The highest BCUT2D eigenvalue weighted by molar-refractivity contribution is 6.09. The van der Waals surface area contributed by atoms with Gasteiger partial charge in [0.05, 0.1) is 11.1 Å². The Labute approximate surface area is 177 Å². The molecule has 4 rings (SSSR count). The summed E-state index contributed by atoms with van der Waals surface area (Å²) in [6.07, 6.45) is 5.93. The van der Waals surface area contributed by atoms with Crippen LogP contribution in [0.3, 0.4) is 0 Å². The first kappa shape index (κ1) is 20.5. The van der Waals surface area contributed by atoms with Crippen LogP contribution in [0.2, 0.25) is 0 Å². The van der Waals surface area contributed by atoms with Gasteiger partial charge in [0, 0.05) is 49.0 Å². The summed E-state index contributed by atoms with van der Waals surface area (Å²) in [5, 5.41) is 1.01. The van der Waals surface area contributed by atoms with E-state index in [1.165, 1.54) is 0 Å². The number of nitrogens with one attached hydrogen (secondary N) is 1. The number of carbonyl (C=O) groups excluding carboxylic acids is 1. The predicted octanol–water partition coefficient (Wildman–Crippen LogP) is 4.66. The summed E-state index contributed by atoms with van der Waals surface area (Å²) in [7, 11) is 1.78. The molecule has 0 bridgehead atoms. The molecule has 1 fully saturated rings. The summed E-state index contributed by atoms with van der Waals surface area (Å²) in [4.78, 5) is 30.9. The van der Waals surface area contributed by atoms with Gasteiger partial charge in [-0.3, -0.25) is 9.59 Å². The van der Waals surface area contributed by atoms with E-state index in [0.29, 0.717) is 11.8 Å². The summed E-state index contributed by atoms with van der Waals surface area (Å²) in [6, 6.07) is 5.98. The van der Waals surface area contributed by atoms with Crippen LogP contribution in [-0.2, 0) is 7.05 Å². The number of nitrogens with zero attached hydrogens (tertiary/aromatic N) is 2. The minimum atomic E-state index is 0.0261. The van der Waals surface area contributed by atoms with Gasteiger partial charge >= 0.3 is 0 Å². The van der Waals surface area contributed by atoms with Gasteiger partial charge in [0.25, 0.3) is 11.5 Å². The first-order valence-electron chi connectivity index (χ1n) is 10.9. The lowest BCUT2D eigenvalue weighted by atomic mass is 9.86. The third-order valence-electron chi connectivity index (χ3n) is 6.94. The molecule has 158 valence electrons. The second kappa shape index (κ2) is 7.78. The number of amides is 1. The molecule has 1 saturated heterocycles. The zero-order valence-electron chi connectivity index (χ0n) is 18.6. The second-order valence-corrected chi connectivity index (χ2v) is 9.01. The molecule has 3 aromatic rings. The SMILES string of the molecule is Cc1c(-c2ccc(C(=O)N3CCC(C(C)C)CC3)c3[nH]ccc23)cn(C)c(=O)c1C. The van der Waals surface area contributed by atoms with Crippen molar-refractivity contribution < 1.29 is 4.79 Å².